The maximum absolute atomic E-state index is 14.0. The number of nitrogens with zero attached hydrogens (tertiary/aromatic N) is 5. The molecule has 0 aliphatic rings. The molecule has 3 heterocycles. The number of aromatic nitrogens is 4. The number of benzene rings is 3. The Kier molecular flexibility index (Phi) is 6.26. The van der Waals surface area contributed by atoms with Gasteiger partial charge < -0.3 is 9.88 Å². The molecule has 0 bridgehead atoms. The van der Waals surface area contributed by atoms with E-state index in [4.69, 9.17) is 4.98 Å². The largest absolute Gasteiger partial charge is 0.350 e. The third-order valence-corrected chi connectivity index (χ3v) is 8.39. The summed E-state index contributed by atoms with van der Waals surface area (Å²) in [7, 11) is -1.99. The van der Waals surface area contributed by atoms with Gasteiger partial charge in [-0.15, -0.1) is 0 Å². The molecular weight excluding hydrogens is 547 g/mol. The van der Waals surface area contributed by atoms with Crippen molar-refractivity contribution >= 4 is 49.3 Å². The van der Waals surface area contributed by atoms with Gasteiger partial charge in [0.1, 0.15) is 0 Å². The van der Waals surface area contributed by atoms with Crippen LogP contribution in [0.5, 0.6) is 0 Å². The minimum Gasteiger partial charge on any atom is -0.350 e. The fourth-order valence-corrected chi connectivity index (χ4v) is 6.29. The summed E-state index contributed by atoms with van der Waals surface area (Å²) in [6.07, 6.45) is 3.36. The summed E-state index contributed by atoms with van der Waals surface area (Å²) in [4.78, 5) is 19.7. The predicted molar refractivity (Wildman–Crippen MR) is 155 cm³/mol. The molecule has 0 spiro atoms. The van der Waals surface area contributed by atoms with Crippen molar-refractivity contribution in [2.75, 3.05) is 5.32 Å². The molecule has 0 fully saturated rings. The Hall–Kier alpha value is -5.10. The monoisotopic (exact) mass is 570 g/mol. The van der Waals surface area contributed by atoms with E-state index in [1.807, 2.05) is 49.0 Å². The van der Waals surface area contributed by atoms with Gasteiger partial charge in [0.2, 0.25) is 21.8 Å². The summed E-state index contributed by atoms with van der Waals surface area (Å²) in [5, 5.41) is 15.6. The van der Waals surface area contributed by atoms with Crippen LogP contribution in [0.2, 0.25) is 0 Å². The Labute approximate surface area is 233 Å². The molecule has 0 aliphatic heterocycles. The number of hydrogen-bond acceptors (Lipinski definition) is 7. The maximum atomic E-state index is 14.0. The number of rotatable bonds is 7. The van der Waals surface area contributed by atoms with Crippen LogP contribution in [0.1, 0.15) is 11.1 Å². The molecule has 12 heteroatoms. The minimum absolute atomic E-state index is 0.00655. The van der Waals surface area contributed by atoms with Gasteiger partial charge in [-0.3, -0.25) is 10.1 Å². The van der Waals surface area contributed by atoms with Crippen LogP contribution in [0.15, 0.2) is 85.2 Å². The Morgan fingerprint density at radius 1 is 1.00 bits per heavy atom. The first-order valence-corrected chi connectivity index (χ1v) is 14.1. The zero-order chi connectivity index (χ0) is 28.9. The second kappa shape index (κ2) is 9.82. The van der Waals surface area contributed by atoms with Crippen LogP contribution in [0.25, 0.3) is 33.2 Å². The first-order valence-electron chi connectivity index (χ1n) is 12.5. The highest BCUT2D eigenvalue weighted by molar-refractivity contribution is 7.89. The van der Waals surface area contributed by atoms with Gasteiger partial charge in [-0.25, -0.2) is 17.4 Å². The molecule has 10 nitrogen and oxygen atoms in total. The second-order valence-corrected chi connectivity index (χ2v) is 11.6. The standard InChI is InChI=1S/C29H23FN6O4S/c1-18-8-11-25-22(14-18)23(16-34(25)2)27-21-12-13-35(41(39,40)17-19-6-4-3-5-7-19)28(21)33-29(32-27)31-20-9-10-24(30)26(15-20)36(37)38/h3-16H,17H2,1-2H3,(H,31,32,33). The molecule has 206 valence electrons. The number of fused-ring (bicyclic) bond motifs is 2. The lowest BCUT2D eigenvalue weighted by molar-refractivity contribution is -0.387. The number of halogens is 1. The summed E-state index contributed by atoms with van der Waals surface area (Å²) >= 11 is 0. The van der Waals surface area contributed by atoms with Crippen molar-refractivity contribution in [3.05, 3.63) is 112 Å². The summed E-state index contributed by atoms with van der Waals surface area (Å²) < 4.78 is 44.2. The Morgan fingerprint density at radius 2 is 1.78 bits per heavy atom. The van der Waals surface area contributed by atoms with Crippen molar-refractivity contribution in [3.8, 4) is 11.3 Å². The van der Waals surface area contributed by atoms with Gasteiger partial charge in [0.05, 0.1) is 16.4 Å². The average Bonchev–Trinajstić information content (AvgIpc) is 3.51. The van der Waals surface area contributed by atoms with E-state index in [9.17, 15) is 22.9 Å². The molecule has 0 amide bonds. The molecule has 6 rings (SSSR count). The van der Waals surface area contributed by atoms with Crippen LogP contribution < -0.4 is 5.32 Å². The summed E-state index contributed by atoms with van der Waals surface area (Å²) in [5.41, 5.74) is 3.42. The molecule has 0 atom stereocenters. The van der Waals surface area contributed by atoms with Crippen LogP contribution in [0, 0.1) is 22.9 Å². The van der Waals surface area contributed by atoms with Gasteiger partial charge in [-0.2, -0.15) is 9.37 Å². The Bertz CT molecular complexity index is 2090. The lowest BCUT2D eigenvalue weighted by Crippen LogP contribution is -2.15. The molecular formula is C29H23FN6O4S. The molecule has 0 aliphatic carbocycles. The van der Waals surface area contributed by atoms with Crippen molar-refractivity contribution in [3.63, 3.8) is 0 Å². The van der Waals surface area contributed by atoms with Gasteiger partial charge >= 0.3 is 5.69 Å². The van der Waals surface area contributed by atoms with Crippen molar-refractivity contribution < 1.29 is 17.7 Å². The van der Waals surface area contributed by atoms with E-state index in [1.165, 1.54) is 12.3 Å². The average molecular weight is 571 g/mol. The minimum atomic E-state index is -3.90. The number of nitro groups is 1. The summed E-state index contributed by atoms with van der Waals surface area (Å²) in [6.45, 7) is 1.98. The Morgan fingerprint density at radius 3 is 2.54 bits per heavy atom. The van der Waals surface area contributed by atoms with Gasteiger partial charge in [0.25, 0.3) is 0 Å². The van der Waals surface area contributed by atoms with Crippen molar-refractivity contribution in [1.29, 1.82) is 0 Å². The van der Waals surface area contributed by atoms with Crippen molar-refractivity contribution in [1.82, 2.24) is 18.5 Å². The van der Waals surface area contributed by atoms with Gasteiger partial charge in [-0.05, 0) is 42.8 Å². The lowest BCUT2D eigenvalue weighted by atomic mass is 10.1. The smallest absolute Gasteiger partial charge is 0.306 e. The highest BCUT2D eigenvalue weighted by Crippen LogP contribution is 2.36. The second-order valence-electron chi connectivity index (χ2n) is 9.71. The third kappa shape index (κ3) is 4.78. The number of anilines is 2. The van der Waals surface area contributed by atoms with E-state index < -0.39 is 26.5 Å². The topological polar surface area (TPSA) is 125 Å². The zero-order valence-electron chi connectivity index (χ0n) is 21.9. The van der Waals surface area contributed by atoms with Crippen LogP contribution >= 0.6 is 0 Å². The van der Waals surface area contributed by atoms with Crippen LogP contribution in [-0.2, 0) is 22.8 Å². The van der Waals surface area contributed by atoms with Crippen LogP contribution in [-0.4, -0.2) is 31.8 Å². The normalized spacial score (nSPS) is 11.8. The predicted octanol–water partition coefficient (Wildman–Crippen LogP) is 6.07. The van der Waals surface area contributed by atoms with E-state index in [-0.39, 0.29) is 23.0 Å². The maximum Gasteiger partial charge on any atom is 0.306 e. The highest BCUT2D eigenvalue weighted by Gasteiger charge is 2.23. The molecule has 1 N–H and O–H groups in total. The summed E-state index contributed by atoms with van der Waals surface area (Å²) in [6, 6.07) is 19.8. The molecule has 3 aromatic carbocycles. The fourth-order valence-electron chi connectivity index (χ4n) is 4.89. The van der Waals surface area contributed by atoms with Gasteiger partial charge in [0, 0.05) is 53.0 Å². The highest BCUT2D eigenvalue weighted by atomic mass is 32.2. The molecule has 0 saturated carbocycles. The number of nitro benzene ring substituents is 1. The molecule has 6 aromatic rings. The molecule has 41 heavy (non-hydrogen) atoms. The molecule has 0 radical (unpaired) electrons. The third-order valence-electron chi connectivity index (χ3n) is 6.80. The lowest BCUT2D eigenvalue weighted by Gasteiger charge is -2.11. The summed E-state index contributed by atoms with van der Waals surface area (Å²) in [5.74, 6) is -1.24. The van der Waals surface area contributed by atoms with Gasteiger partial charge in [-0.1, -0.05) is 42.0 Å². The van der Waals surface area contributed by atoms with E-state index in [2.05, 4.69) is 10.3 Å². The molecule has 0 saturated heterocycles. The van der Waals surface area contributed by atoms with Crippen LogP contribution in [0.4, 0.5) is 21.7 Å². The number of hydrogen-bond donors (Lipinski definition) is 1. The first-order chi connectivity index (χ1) is 19.6. The van der Waals surface area contributed by atoms with E-state index in [0.717, 1.165) is 38.1 Å². The van der Waals surface area contributed by atoms with Crippen molar-refractivity contribution in [2.24, 2.45) is 7.05 Å². The first kappa shape index (κ1) is 26.1. The quantitative estimate of drug-likeness (QED) is 0.182. The van der Waals surface area contributed by atoms with Crippen molar-refractivity contribution in [2.45, 2.75) is 12.7 Å². The Balaban J connectivity index is 1.56. The molecule has 3 aromatic heterocycles. The zero-order valence-corrected chi connectivity index (χ0v) is 22.8. The number of nitrogens with one attached hydrogen (secondary N) is 1. The SMILES string of the molecule is Cc1ccc2c(c1)c(-c1nc(Nc3ccc(F)c([N+](=O)[O-])c3)nc3c1ccn3S(=O)(=O)Cc1ccccc1)cn2C. The fraction of sp³-hybridized carbons (Fsp3) is 0.103. The van der Waals surface area contributed by atoms with Crippen LogP contribution in [0.3, 0.4) is 0 Å². The number of aryl methyl sites for hydroxylation is 2. The van der Waals surface area contributed by atoms with E-state index >= 15 is 0 Å². The van der Waals surface area contributed by atoms with E-state index in [0.29, 0.717) is 16.6 Å². The van der Waals surface area contributed by atoms with Gasteiger partial charge in [0.15, 0.2) is 5.65 Å². The molecule has 0 unspecified atom stereocenters. The van der Waals surface area contributed by atoms with E-state index in [1.54, 1.807) is 30.3 Å².